The van der Waals surface area contributed by atoms with Crippen LogP contribution in [-0.4, -0.2) is 26.1 Å². The Kier molecular flexibility index (Phi) is 3.68. The summed E-state index contributed by atoms with van der Waals surface area (Å²) in [5, 5.41) is 14.2. The van der Waals surface area contributed by atoms with Gasteiger partial charge in [-0.15, -0.1) is 0 Å². The molecule has 1 fully saturated rings. The van der Waals surface area contributed by atoms with Crippen LogP contribution in [0.1, 0.15) is 58.2 Å². The average molecular weight is 255 g/mol. The summed E-state index contributed by atoms with van der Waals surface area (Å²) >= 11 is 1.44. The lowest BCUT2D eigenvalue weighted by atomic mass is 9.84. The molecule has 1 saturated carbocycles. The number of rotatable bonds is 3. The van der Waals surface area contributed by atoms with E-state index in [0.29, 0.717) is 12.0 Å². The lowest BCUT2D eigenvalue weighted by Crippen LogP contribution is -2.35. The third kappa shape index (κ3) is 3.39. The summed E-state index contributed by atoms with van der Waals surface area (Å²) in [5.74, 6) is 1.30. The molecular weight excluding hydrogens is 234 g/mol. The third-order valence-corrected chi connectivity index (χ3v) is 4.01. The third-order valence-electron chi connectivity index (χ3n) is 3.35. The molecule has 17 heavy (non-hydrogen) atoms. The highest BCUT2D eigenvalue weighted by Crippen LogP contribution is 2.30. The molecule has 2 rings (SSSR count). The van der Waals surface area contributed by atoms with Crippen LogP contribution < -0.4 is 5.32 Å². The van der Waals surface area contributed by atoms with E-state index in [1.165, 1.54) is 11.5 Å². The Labute approximate surface area is 107 Å². The maximum absolute atomic E-state index is 9.88. The van der Waals surface area contributed by atoms with Gasteiger partial charge < -0.3 is 10.4 Å². The van der Waals surface area contributed by atoms with E-state index in [9.17, 15) is 5.11 Å². The molecule has 0 saturated heterocycles. The van der Waals surface area contributed by atoms with E-state index in [0.717, 1.165) is 36.6 Å². The lowest BCUT2D eigenvalue weighted by Gasteiger charge is -2.33. The maximum Gasteiger partial charge on any atom is 0.202 e. The van der Waals surface area contributed by atoms with Crippen molar-refractivity contribution < 1.29 is 5.11 Å². The van der Waals surface area contributed by atoms with E-state index in [-0.39, 0.29) is 0 Å². The van der Waals surface area contributed by atoms with E-state index in [4.69, 9.17) is 0 Å². The van der Waals surface area contributed by atoms with Crippen molar-refractivity contribution in [1.29, 1.82) is 0 Å². The first kappa shape index (κ1) is 12.8. The molecule has 2 N–H and O–H groups in total. The van der Waals surface area contributed by atoms with Crippen molar-refractivity contribution >= 4 is 16.7 Å². The largest absolute Gasteiger partial charge is 0.390 e. The number of nitrogens with one attached hydrogen (secondary N) is 1. The van der Waals surface area contributed by atoms with Crippen LogP contribution in [0.15, 0.2) is 0 Å². The van der Waals surface area contributed by atoms with Gasteiger partial charge in [-0.25, -0.2) is 4.98 Å². The summed E-state index contributed by atoms with van der Waals surface area (Å²) < 4.78 is 4.33. The van der Waals surface area contributed by atoms with E-state index in [1.807, 2.05) is 6.92 Å². The van der Waals surface area contributed by atoms with Gasteiger partial charge in [-0.3, -0.25) is 0 Å². The van der Waals surface area contributed by atoms with Gasteiger partial charge >= 0.3 is 0 Å². The Morgan fingerprint density at radius 3 is 2.59 bits per heavy atom. The van der Waals surface area contributed by atoms with Gasteiger partial charge in [0.15, 0.2) is 0 Å². The molecule has 0 aromatic carbocycles. The molecule has 96 valence electrons. The molecule has 1 aromatic rings. The number of hydrogen-bond donors (Lipinski definition) is 2. The average Bonchev–Trinajstić information content (AvgIpc) is 2.70. The van der Waals surface area contributed by atoms with Crippen LogP contribution >= 0.6 is 11.5 Å². The SMILES string of the molecule is CC(C)c1nsc(NC2CCC(C)(O)CC2)n1. The van der Waals surface area contributed by atoms with E-state index in [1.54, 1.807) is 0 Å². The Hall–Kier alpha value is -0.680. The van der Waals surface area contributed by atoms with Gasteiger partial charge in [0, 0.05) is 23.5 Å². The predicted molar refractivity (Wildman–Crippen MR) is 70.5 cm³/mol. The molecule has 0 spiro atoms. The molecule has 5 heteroatoms. The minimum Gasteiger partial charge on any atom is -0.390 e. The predicted octanol–water partition coefficient (Wildman–Crippen LogP) is 2.77. The number of nitrogens with zero attached hydrogens (tertiary/aromatic N) is 2. The minimum atomic E-state index is -0.470. The summed E-state index contributed by atoms with van der Waals surface area (Å²) in [6.45, 7) is 6.12. The molecule has 0 atom stereocenters. The number of hydrogen-bond acceptors (Lipinski definition) is 5. The van der Waals surface area contributed by atoms with Crippen molar-refractivity contribution in [3.05, 3.63) is 5.82 Å². The summed E-state index contributed by atoms with van der Waals surface area (Å²) in [5.41, 5.74) is -0.470. The van der Waals surface area contributed by atoms with Gasteiger partial charge in [0.05, 0.1) is 5.60 Å². The molecule has 1 aliphatic carbocycles. The Balaban J connectivity index is 1.89. The van der Waals surface area contributed by atoms with Crippen LogP contribution in [0.2, 0.25) is 0 Å². The molecule has 0 bridgehead atoms. The highest BCUT2D eigenvalue weighted by Gasteiger charge is 2.28. The summed E-state index contributed by atoms with van der Waals surface area (Å²) in [6.07, 6.45) is 3.73. The topological polar surface area (TPSA) is 58.0 Å². The van der Waals surface area contributed by atoms with Crippen LogP contribution in [-0.2, 0) is 0 Å². The maximum atomic E-state index is 9.88. The molecule has 1 aromatic heterocycles. The van der Waals surface area contributed by atoms with Crippen LogP contribution in [0, 0.1) is 0 Å². The first-order chi connectivity index (χ1) is 7.96. The van der Waals surface area contributed by atoms with Gasteiger partial charge in [0.1, 0.15) is 5.82 Å². The fraction of sp³-hybridized carbons (Fsp3) is 0.833. The summed E-state index contributed by atoms with van der Waals surface area (Å²) in [6, 6.07) is 0.434. The van der Waals surface area contributed by atoms with Crippen molar-refractivity contribution in [3.8, 4) is 0 Å². The Morgan fingerprint density at radius 2 is 2.06 bits per heavy atom. The van der Waals surface area contributed by atoms with Crippen LogP contribution in [0.4, 0.5) is 5.13 Å². The number of aliphatic hydroxyl groups is 1. The highest BCUT2D eigenvalue weighted by atomic mass is 32.1. The zero-order chi connectivity index (χ0) is 12.5. The standard InChI is InChI=1S/C12H21N3OS/c1-8(2)10-14-11(17-15-10)13-9-4-6-12(3,16)7-5-9/h8-9,16H,4-7H2,1-3H3,(H,13,14,15). The second-order valence-corrected chi connectivity index (χ2v) is 6.28. The van der Waals surface area contributed by atoms with Gasteiger partial charge in [-0.1, -0.05) is 13.8 Å². The number of anilines is 1. The van der Waals surface area contributed by atoms with Crippen LogP contribution in [0.5, 0.6) is 0 Å². The molecule has 1 aliphatic rings. The lowest BCUT2D eigenvalue weighted by molar-refractivity contribution is 0.0196. The van der Waals surface area contributed by atoms with Crippen molar-refractivity contribution in [1.82, 2.24) is 9.36 Å². The minimum absolute atomic E-state index is 0.383. The van der Waals surface area contributed by atoms with Crippen LogP contribution in [0.3, 0.4) is 0 Å². The summed E-state index contributed by atoms with van der Waals surface area (Å²) in [7, 11) is 0. The zero-order valence-corrected chi connectivity index (χ0v) is 11.5. The van der Waals surface area contributed by atoms with Crippen molar-refractivity contribution in [2.24, 2.45) is 0 Å². The molecule has 4 nitrogen and oxygen atoms in total. The smallest absolute Gasteiger partial charge is 0.202 e. The Morgan fingerprint density at radius 1 is 1.41 bits per heavy atom. The first-order valence-electron chi connectivity index (χ1n) is 6.29. The zero-order valence-electron chi connectivity index (χ0n) is 10.7. The second kappa shape index (κ2) is 4.90. The fourth-order valence-corrected chi connectivity index (χ4v) is 2.87. The van der Waals surface area contributed by atoms with E-state index >= 15 is 0 Å². The Bertz CT molecular complexity index is 366. The first-order valence-corrected chi connectivity index (χ1v) is 7.06. The second-order valence-electron chi connectivity index (χ2n) is 5.53. The van der Waals surface area contributed by atoms with E-state index in [2.05, 4.69) is 28.5 Å². The fourth-order valence-electron chi connectivity index (χ4n) is 2.09. The van der Waals surface area contributed by atoms with Gasteiger partial charge in [-0.05, 0) is 32.6 Å². The van der Waals surface area contributed by atoms with Crippen molar-refractivity contribution in [2.45, 2.75) is 64.0 Å². The van der Waals surface area contributed by atoms with Gasteiger partial charge in [0.2, 0.25) is 5.13 Å². The molecular formula is C12H21N3OS. The van der Waals surface area contributed by atoms with E-state index < -0.39 is 5.60 Å². The normalized spacial score (nSPS) is 29.6. The monoisotopic (exact) mass is 255 g/mol. The number of aromatic nitrogens is 2. The molecule has 0 aliphatic heterocycles. The highest BCUT2D eigenvalue weighted by molar-refractivity contribution is 7.09. The molecule has 0 unspecified atom stereocenters. The molecule has 0 amide bonds. The quantitative estimate of drug-likeness (QED) is 0.872. The van der Waals surface area contributed by atoms with Gasteiger partial charge in [-0.2, -0.15) is 4.37 Å². The van der Waals surface area contributed by atoms with Crippen LogP contribution in [0.25, 0.3) is 0 Å². The van der Waals surface area contributed by atoms with Gasteiger partial charge in [0.25, 0.3) is 0 Å². The molecule has 1 heterocycles. The molecule has 0 radical (unpaired) electrons. The van der Waals surface area contributed by atoms with Crippen molar-refractivity contribution in [2.75, 3.05) is 5.32 Å². The van der Waals surface area contributed by atoms with Crippen molar-refractivity contribution in [3.63, 3.8) is 0 Å². The summed E-state index contributed by atoms with van der Waals surface area (Å²) in [4.78, 5) is 4.47.